The molecule has 1 heterocycles. The molecule has 3 aliphatic carbocycles. The summed E-state index contributed by atoms with van der Waals surface area (Å²) < 4.78 is 20.4. The molecule has 4 fully saturated rings. The lowest BCUT2D eigenvalue weighted by molar-refractivity contribution is -0.137. The average Bonchev–Trinajstić information content (AvgIpc) is 3.49. The lowest BCUT2D eigenvalue weighted by Crippen LogP contribution is -2.51. The summed E-state index contributed by atoms with van der Waals surface area (Å²) in [6.07, 6.45) is 5.16. The fourth-order valence-corrected chi connectivity index (χ4v) is 7.49. The Morgan fingerprint density at radius 1 is 1.05 bits per heavy atom. The van der Waals surface area contributed by atoms with Crippen LogP contribution in [0, 0.1) is 34.9 Å². The van der Waals surface area contributed by atoms with Crippen molar-refractivity contribution in [2.75, 3.05) is 13.1 Å². The fraction of sp³-hybridized carbons (Fsp3) is 0.679. The molecule has 4 atom stereocenters. The third-order valence-electron chi connectivity index (χ3n) is 8.91. The largest absolute Gasteiger partial charge is 0.444 e. The van der Waals surface area contributed by atoms with Gasteiger partial charge in [-0.25, -0.2) is 9.18 Å². The number of nitrogens with zero attached hydrogens (tertiary/aromatic N) is 1. The van der Waals surface area contributed by atoms with Crippen molar-refractivity contribution in [3.8, 4) is 0 Å². The Hall–Kier alpha value is -2.16. The van der Waals surface area contributed by atoms with Crippen LogP contribution in [0.2, 0.25) is 0 Å². The van der Waals surface area contributed by atoms with Crippen LogP contribution in [-0.4, -0.2) is 47.5 Å². The van der Waals surface area contributed by atoms with Gasteiger partial charge in [0.2, 0.25) is 11.8 Å². The number of amides is 3. The van der Waals surface area contributed by atoms with Gasteiger partial charge in [-0.2, -0.15) is 0 Å². The van der Waals surface area contributed by atoms with Crippen LogP contribution in [0.1, 0.15) is 64.9 Å². The van der Waals surface area contributed by atoms with Gasteiger partial charge in [-0.15, -0.1) is 0 Å². The summed E-state index contributed by atoms with van der Waals surface area (Å²) in [7, 11) is 0. The number of hydrogen-bond donors (Lipinski definition) is 2. The molecule has 1 spiro atoms. The third-order valence-corrected chi connectivity index (χ3v) is 9.41. The van der Waals surface area contributed by atoms with Gasteiger partial charge in [0, 0.05) is 35.7 Å². The van der Waals surface area contributed by atoms with Gasteiger partial charge in [0.25, 0.3) is 0 Å². The second kappa shape index (κ2) is 9.86. The highest BCUT2D eigenvalue weighted by Crippen LogP contribution is 2.74. The third kappa shape index (κ3) is 5.25. The minimum absolute atomic E-state index is 0.0268. The van der Waals surface area contributed by atoms with Crippen LogP contribution < -0.4 is 10.6 Å². The number of ether oxygens (including phenoxy) is 1. The number of carbonyl (C=O) groups excluding carboxylic acids is 3. The van der Waals surface area contributed by atoms with E-state index < -0.39 is 5.60 Å². The molecule has 202 valence electrons. The Balaban J connectivity index is 1.21. The molecule has 1 aromatic rings. The normalized spacial score (nSPS) is 28.3. The topological polar surface area (TPSA) is 87.7 Å². The first-order valence-electron chi connectivity index (χ1n) is 13.5. The van der Waals surface area contributed by atoms with Crippen LogP contribution in [0.4, 0.5) is 9.18 Å². The van der Waals surface area contributed by atoms with E-state index in [4.69, 9.17) is 4.74 Å². The summed E-state index contributed by atoms with van der Waals surface area (Å²) in [6, 6.07) is 4.78. The van der Waals surface area contributed by atoms with Crippen LogP contribution in [0.15, 0.2) is 22.7 Å². The van der Waals surface area contributed by atoms with E-state index in [0.29, 0.717) is 36.0 Å². The van der Waals surface area contributed by atoms with Crippen molar-refractivity contribution in [1.82, 2.24) is 15.5 Å². The molecule has 0 unspecified atom stereocenters. The molecule has 2 N–H and O–H groups in total. The van der Waals surface area contributed by atoms with E-state index in [0.717, 1.165) is 25.7 Å². The van der Waals surface area contributed by atoms with Crippen LogP contribution in [0.3, 0.4) is 0 Å². The molecule has 0 aromatic heterocycles. The molecular formula is C28H37BrFN3O4. The summed E-state index contributed by atoms with van der Waals surface area (Å²) in [4.78, 5) is 41.2. The first kappa shape index (κ1) is 26.4. The lowest BCUT2D eigenvalue weighted by atomic mass is 9.78. The number of halogens is 2. The standard InChI is InChI=1S/C28H37BrFN3O4/c1-27(2,3)37-26(36)33-12-8-18(9-13-33)32-25(35)23-20-7-6-19(28(20)10-11-28)22(23)24(34)31-15-16-4-5-17(29)14-21(16)30/h4-5,14,18-20,22-23H,6-13,15H2,1-3H3,(H,31,34)(H,32,35)/t19-,20+,22-,23+/m0/s1. The Morgan fingerprint density at radius 3 is 2.24 bits per heavy atom. The Kier molecular flexibility index (Phi) is 7.05. The van der Waals surface area contributed by atoms with Crippen LogP contribution >= 0.6 is 15.9 Å². The van der Waals surface area contributed by atoms with E-state index in [1.165, 1.54) is 6.07 Å². The van der Waals surface area contributed by atoms with Crippen molar-refractivity contribution < 1.29 is 23.5 Å². The molecule has 37 heavy (non-hydrogen) atoms. The Morgan fingerprint density at radius 2 is 1.68 bits per heavy atom. The first-order valence-corrected chi connectivity index (χ1v) is 14.3. The average molecular weight is 579 g/mol. The van der Waals surface area contributed by atoms with Crippen molar-refractivity contribution in [3.63, 3.8) is 0 Å². The van der Waals surface area contributed by atoms with Crippen LogP contribution in [-0.2, 0) is 20.9 Å². The zero-order chi connectivity index (χ0) is 26.5. The number of nitrogens with one attached hydrogen (secondary N) is 2. The molecular weight excluding hydrogens is 541 g/mol. The minimum atomic E-state index is -0.540. The molecule has 3 amide bonds. The molecule has 0 radical (unpaired) electrons. The minimum Gasteiger partial charge on any atom is -0.444 e. The van der Waals surface area contributed by atoms with E-state index in [1.807, 2.05) is 20.8 Å². The first-order chi connectivity index (χ1) is 17.5. The van der Waals surface area contributed by atoms with E-state index in [2.05, 4.69) is 26.6 Å². The summed E-state index contributed by atoms with van der Waals surface area (Å²) >= 11 is 3.26. The zero-order valence-corrected chi connectivity index (χ0v) is 23.4. The number of benzene rings is 1. The van der Waals surface area contributed by atoms with Gasteiger partial charge in [-0.3, -0.25) is 9.59 Å². The van der Waals surface area contributed by atoms with Crippen molar-refractivity contribution in [2.24, 2.45) is 29.1 Å². The van der Waals surface area contributed by atoms with Gasteiger partial charge in [0.15, 0.2) is 0 Å². The molecule has 3 saturated carbocycles. The van der Waals surface area contributed by atoms with Crippen LogP contribution in [0.25, 0.3) is 0 Å². The highest BCUT2D eigenvalue weighted by Gasteiger charge is 2.71. The number of piperidine rings is 1. The number of carbonyl (C=O) groups is 3. The number of rotatable bonds is 5. The SMILES string of the molecule is CC(C)(C)OC(=O)N1CCC(NC(=O)[C@H]2[C@@H](C(=O)NCc3ccc(Br)cc3F)[C@@H]3CC[C@H]2C32CC2)CC1. The van der Waals surface area contributed by atoms with Gasteiger partial charge >= 0.3 is 6.09 Å². The molecule has 4 aliphatic rings. The molecule has 1 aliphatic heterocycles. The van der Waals surface area contributed by atoms with Gasteiger partial charge in [-0.1, -0.05) is 22.0 Å². The number of hydrogen-bond acceptors (Lipinski definition) is 4. The van der Waals surface area contributed by atoms with Crippen molar-refractivity contribution >= 4 is 33.8 Å². The predicted octanol–water partition coefficient (Wildman–Crippen LogP) is 4.77. The lowest BCUT2D eigenvalue weighted by Gasteiger charge is -2.35. The maximum atomic E-state index is 14.3. The Labute approximate surface area is 226 Å². The van der Waals surface area contributed by atoms with Crippen molar-refractivity contribution in [2.45, 2.75) is 77.5 Å². The Bertz CT molecular complexity index is 1080. The summed E-state index contributed by atoms with van der Waals surface area (Å²) in [5, 5.41) is 6.17. The molecule has 7 nitrogen and oxygen atoms in total. The zero-order valence-electron chi connectivity index (χ0n) is 21.8. The highest BCUT2D eigenvalue weighted by atomic mass is 79.9. The van der Waals surface area contributed by atoms with Gasteiger partial charge < -0.3 is 20.3 Å². The fourth-order valence-electron chi connectivity index (χ4n) is 7.16. The van der Waals surface area contributed by atoms with E-state index in [1.54, 1.807) is 17.0 Å². The second-order valence-electron chi connectivity index (χ2n) is 12.3. The molecule has 9 heteroatoms. The predicted molar refractivity (Wildman–Crippen MR) is 140 cm³/mol. The maximum absolute atomic E-state index is 14.3. The molecule has 1 aromatic carbocycles. The number of likely N-dealkylation sites (tertiary alicyclic amines) is 1. The summed E-state index contributed by atoms with van der Waals surface area (Å²) in [5.74, 6) is -0.809. The summed E-state index contributed by atoms with van der Waals surface area (Å²) in [6.45, 7) is 6.72. The van der Waals surface area contributed by atoms with Crippen molar-refractivity contribution in [3.05, 3.63) is 34.1 Å². The van der Waals surface area contributed by atoms with Crippen LogP contribution in [0.5, 0.6) is 0 Å². The second-order valence-corrected chi connectivity index (χ2v) is 13.2. The molecule has 1 saturated heterocycles. The summed E-state index contributed by atoms with van der Waals surface area (Å²) in [5.41, 5.74) is 0.0209. The monoisotopic (exact) mass is 577 g/mol. The van der Waals surface area contributed by atoms with Gasteiger partial charge in [0.1, 0.15) is 11.4 Å². The smallest absolute Gasteiger partial charge is 0.410 e. The molecule has 2 bridgehead atoms. The van der Waals surface area contributed by atoms with E-state index in [-0.39, 0.29) is 65.4 Å². The van der Waals surface area contributed by atoms with Gasteiger partial charge in [-0.05, 0) is 88.7 Å². The van der Waals surface area contributed by atoms with E-state index in [9.17, 15) is 18.8 Å². The molecule has 5 rings (SSSR count). The maximum Gasteiger partial charge on any atom is 0.410 e. The van der Waals surface area contributed by atoms with Gasteiger partial charge in [0.05, 0.1) is 11.8 Å². The van der Waals surface area contributed by atoms with Crippen molar-refractivity contribution in [1.29, 1.82) is 0 Å². The van der Waals surface area contributed by atoms with E-state index >= 15 is 0 Å². The highest BCUT2D eigenvalue weighted by molar-refractivity contribution is 9.10. The quantitative estimate of drug-likeness (QED) is 0.527.